The van der Waals surface area contributed by atoms with Crippen LogP contribution in [0.15, 0.2) is 11.5 Å². The summed E-state index contributed by atoms with van der Waals surface area (Å²) in [7, 11) is -3.25. The molecule has 2 aliphatic heterocycles. The van der Waals surface area contributed by atoms with Gasteiger partial charge in [0.25, 0.3) is 0 Å². The van der Waals surface area contributed by atoms with Gasteiger partial charge in [0.15, 0.2) is 9.84 Å². The van der Waals surface area contributed by atoms with Crippen molar-refractivity contribution in [1.82, 2.24) is 10.2 Å². The van der Waals surface area contributed by atoms with E-state index in [0.717, 1.165) is 5.41 Å². The zero-order chi connectivity index (χ0) is 14.4. The van der Waals surface area contributed by atoms with Gasteiger partial charge in [-0.25, -0.2) is 8.42 Å². The summed E-state index contributed by atoms with van der Waals surface area (Å²) in [5.41, 5.74) is 0. The van der Waals surface area contributed by atoms with Crippen molar-refractivity contribution in [2.45, 2.75) is 38.9 Å². The summed E-state index contributed by atoms with van der Waals surface area (Å²) < 4.78 is 22.9. The van der Waals surface area contributed by atoms with Crippen LogP contribution in [0, 0.1) is 5.92 Å². The first-order valence-corrected chi connectivity index (χ1v) is 7.98. The van der Waals surface area contributed by atoms with Crippen LogP contribution in [-0.2, 0) is 19.4 Å². The summed E-state index contributed by atoms with van der Waals surface area (Å²) in [6.07, 6.45) is 1.49. The van der Waals surface area contributed by atoms with E-state index >= 15 is 0 Å². The number of carbonyl (C=O) groups is 2. The van der Waals surface area contributed by atoms with Gasteiger partial charge in [-0.3, -0.25) is 9.59 Å². The minimum atomic E-state index is -3.25. The van der Waals surface area contributed by atoms with Gasteiger partial charge >= 0.3 is 0 Å². The fourth-order valence-electron chi connectivity index (χ4n) is 2.45. The van der Waals surface area contributed by atoms with Gasteiger partial charge in [-0.05, 0) is 18.9 Å². The molecule has 0 radical (unpaired) electrons. The number of hydrogen-bond donors (Lipinski definition) is 1. The van der Waals surface area contributed by atoms with Crippen molar-refractivity contribution in [2.75, 3.05) is 5.75 Å². The van der Waals surface area contributed by atoms with Gasteiger partial charge in [0, 0.05) is 5.41 Å². The molecule has 0 aromatic carbocycles. The molecule has 7 heteroatoms. The quantitative estimate of drug-likeness (QED) is 0.753. The molecule has 106 valence electrons. The average molecular weight is 286 g/mol. The predicted molar refractivity (Wildman–Crippen MR) is 69.8 cm³/mol. The number of hydrogen-bond acceptors (Lipinski definition) is 4. The molecule has 6 nitrogen and oxygen atoms in total. The maximum absolute atomic E-state index is 12.4. The molecule has 2 heterocycles. The predicted octanol–water partition coefficient (Wildman–Crippen LogP) is -0.331. The van der Waals surface area contributed by atoms with Gasteiger partial charge in [-0.15, -0.1) is 0 Å². The second-order valence-corrected chi connectivity index (χ2v) is 7.31. The number of nitrogens with one attached hydrogen (secondary N) is 1. The summed E-state index contributed by atoms with van der Waals surface area (Å²) >= 11 is 0. The van der Waals surface area contributed by atoms with E-state index in [4.69, 9.17) is 0 Å². The minimum Gasteiger partial charge on any atom is -0.342 e. The van der Waals surface area contributed by atoms with E-state index < -0.39 is 28.0 Å². The standard InChI is InChI=1S/C12H18N2O4S/c1-7(2)10-12(16)14(8(3)11(15)13-10)9-4-5-19(17,18)6-9/h4-5,7-10H,6H2,1-3H3,(H,13,15). The van der Waals surface area contributed by atoms with Gasteiger partial charge in [0.2, 0.25) is 11.8 Å². The lowest BCUT2D eigenvalue weighted by Crippen LogP contribution is -2.66. The molecular weight excluding hydrogens is 268 g/mol. The number of amides is 2. The number of piperazine rings is 1. The molecule has 0 saturated carbocycles. The van der Waals surface area contributed by atoms with Gasteiger partial charge in [0.1, 0.15) is 12.1 Å². The highest BCUT2D eigenvalue weighted by Crippen LogP contribution is 2.23. The van der Waals surface area contributed by atoms with Crippen LogP contribution in [0.25, 0.3) is 0 Å². The van der Waals surface area contributed by atoms with Crippen LogP contribution in [0.1, 0.15) is 20.8 Å². The van der Waals surface area contributed by atoms with E-state index in [0.29, 0.717) is 0 Å². The second kappa shape index (κ2) is 4.63. The van der Waals surface area contributed by atoms with Crippen LogP contribution < -0.4 is 5.32 Å². The van der Waals surface area contributed by atoms with Crippen molar-refractivity contribution in [3.63, 3.8) is 0 Å². The SMILES string of the molecule is CC(C)C1NC(=O)C(C)N(C2C=CS(=O)(=O)C2)C1=O. The Morgan fingerprint density at radius 1 is 1.37 bits per heavy atom. The topological polar surface area (TPSA) is 83.6 Å². The zero-order valence-corrected chi connectivity index (χ0v) is 12.0. The Morgan fingerprint density at radius 3 is 2.47 bits per heavy atom. The van der Waals surface area contributed by atoms with Crippen LogP contribution in [0.4, 0.5) is 0 Å². The highest BCUT2D eigenvalue weighted by Gasteiger charge is 2.44. The van der Waals surface area contributed by atoms with E-state index in [2.05, 4.69) is 5.32 Å². The van der Waals surface area contributed by atoms with E-state index in [-0.39, 0.29) is 23.5 Å². The Bertz CT molecular complexity index is 538. The number of carbonyl (C=O) groups excluding carboxylic acids is 2. The molecular formula is C12H18N2O4S. The third kappa shape index (κ3) is 2.51. The molecule has 0 aromatic rings. The van der Waals surface area contributed by atoms with Gasteiger partial charge in [0.05, 0.1) is 11.8 Å². The smallest absolute Gasteiger partial charge is 0.246 e. The van der Waals surface area contributed by atoms with Crippen molar-refractivity contribution < 1.29 is 18.0 Å². The van der Waals surface area contributed by atoms with Crippen LogP contribution >= 0.6 is 0 Å². The molecule has 2 aliphatic rings. The van der Waals surface area contributed by atoms with Gasteiger partial charge in [-0.1, -0.05) is 13.8 Å². The largest absolute Gasteiger partial charge is 0.342 e. The molecule has 0 bridgehead atoms. The molecule has 3 atom stereocenters. The fraction of sp³-hybridized carbons (Fsp3) is 0.667. The Kier molecular flexibility index (Phi) is 3.42. The second-order valence-electron chi connectivity index (χ2n) is 5.38. The molecule has 3 unspecified atom stereocenters. The van der Waals surface area contributed by atoms with Crippen molar-refractivity contribution >= 4 is 21.7 Å². The third-order valence-corrected chi connectivity index (χ3v) is 4.93. The highest BCUT2D eigenvalue weighted by molar-refractivity contribution is 7.94. The fourth-order valence-corrected chi connectivity index (χ4v) is 3.73. The Labute approximate surface area is 112 Å². The first-order valence-electron chi connectivity index (χ1n) is 6.26. The molecule has 0 aromatic heterocycles. The number of rotatable bonds is 2. The van der Waals surface area contributed by atoms with Crippen molar-refractivity contribution in [3.05, 3.63) is 11.5 Å². The van der Waals surface area contributed by atoms with E-state index in [1.54, 1.807) is 6.92 Å². The van der Waals surface area contributed by atoms with Gasteiger partial charge in [-0.2, -0.15) is 0 Å². The molecule has 0 aliphatic carbocycles. The maximum atomic E-state index is 12.4. The van der Waals surface area contributed by atoms with Crippen molar-refractivity contribution in [3.8, 4) is 0 Å². The Hall–Kier alpha value is -1.37. The Morgan fingerprint density at radius 2 is 2.00 bits per heavy atom. The first kappa shape index (κ1) is 14.0. The summed E-state index contributed by atoms with van der Waals surface area (Å²) in [4.78, 5) is 25.7. The summed E-state index contributed by atoms with van der Waals surface area (Å²) in [5, 5.41) is 3.81. The van der Waals surface area contributed by atoms with Crippen LogP contribution in [0.3, 0.4) is 0 Å². The first-order chi connectivity index (χ1) is 8.73. The lowest BCUT2D eigenvalue weighted by molar-refractivity contribution is -0.151. The molecule has 2 amide bonds. The zero-order valence-electron chi connectivity index (χ0n) is 11.2. The average Bonchev–Trinajstić information content (AvgIpc) is 2.64. The molecule has 1 fully saturated rings. The van der Waals surface area contributed by atoms with Crippen molar-refractivity contribution in [1.29, 1.82) is 0 Å². The van der Waals surface area contributed by atoms with E-state index in [9.17, 15) is 18.0 Å². The molecule has 1 N–H and O–H groups in total. The van der Waals surface area contributed by atoms with Gasteiger partial charge < -0.3 is 10.2 Å². The molecule has 0 spiro atoms. The highest BCUT2D eigenvalue weighted by atomic mass is 32.2. The molecule has 2 rings (SSSR count). The molecule has 1 saturated heterocycles. The molecule has 19 heavy (non-hydrogen) atoms. The third-order valence-electron chi connectivity index (χ3n) is 3.55. The monoisotopic (exact) mass is 286 g/mol. The van der Waals surface area contributed by atoms with Crippen LogP contribution in [-0.4, -0.2) is 49.0 Å². The number of sulfone groups is 1. The van der Waals surface area contributed by atoms with Crippen molar-refractivity contribution in [2.24, 2.45) is 5.92 Å². The minimum absolute atomic E-state index is 0.0339. The van der Waals surface area contributed by atoms with Crippen LogP contribution in [0.2, 0.25) is 0 Å². The van der Waals surface area contributed by atoms with E-state index in [1.807, 2.05) is 13.8 Å². The number of nitrogens with zero attached hydrogens (tertiary/aromatic N) is 1. The Balaban J connectivity index is 2.29. The normalized spacial score (nSPS) is 33.9. The summed E-state index contributed by atoms with van der Waals surface area (Å²) in [6.45, 7) is 5.30. The lowest BCUT2D eigenvalue weighted by Gasteiger charge is -2.41. The maximum Gasteiger partial charge on any atom is 0.246 e. The lowest BCUT2D eigenvalue weighted by atomic mass is 9.97. The van der Waals surface area contributed by atoms with E-state index in [1.165, 1.54) is 11.0 Å². The summed E-state index contributed by atoms with van der Waals surface area (Å²) in [5.74, 6) is -0.625. The summed E-state index contributed by atoms with van der Waals surface area (Å²) in [6, 6.07) is -1.77. The van der Waals surface area contributed by atoms with Crippen LogP contribution in [0.5, 0.6) is 0 Å².